The van der Waals surface area contributed by atoms with E-state index in [1.54, 1.807) is 0 Å². The summed E-state index contributed by atoms with van der Waals surface area (Å²) in [7, 11) is 3.75. The van der Waals surface area contributed by atoms with Crippen molar-refractivity contribution in [2.45, 2.75) is 6.92 Å². The lowest BCUT2D eigenvalue weighted by atomic mass is 10.9. The molecule has 0 radical (unpaired) electrons. The lowest BCUT2D eigenvalue weighted by Crippen LogP contribution is -1.89. The molecule has 0 spiro atoms. The molecule has 0 aromatic heterocycles. The zero-order chi connectivity index (χ0) is 6.83. The quantitative estimate of drug-likeness (QED) is 0.545. The maximum Gasteiger partial charge on any atom is 0.0844 e. The molecule has 0 saturated carbocycles. The summed E-state index contributed by atoms with van der Waals surface area (Å²) in [4.78, 5) is 0. The van der Waals surface area contributed by atoms with Gasteiger partial charge in [-0.15, -0.1) is 0 Å². The maximum atomic E-state index is 4.60. The van der Waals surface area contributed by atoms with Gasteiger partial charge in [-0.2, -0.15) is 0 Å². The molecule has 0 fully saturated rings. The average Bonchev–Trinajstić information content (AvgIpc) is 1.71. The Kier molecular flexibility index (Phi) is 21.0. The highest BCUT2D eigenvalue weighted by Crippen LogP contribution is 1.65. The van der Waals surface area contributed by atoms with Crippen molar-refractivity contribution in [2.75, 3.05) is 20.7 Å². The van der Waals surface area contributed by atoms with E-state index in [0.29, 0.717) is 0 Å². The highest BCUT2D eigenvalue weighted by molar-refractivity contribution is 4.45. The molecule has 0 bridgehead atoms. The molecule has 0 heterocycles. The van der Waals surface area contributed by atoms with Crippen LogP contribution in [0.15, 0.2) is 12.8 Å². The van der Waals surface area contributed by atoms with Crippen LogP contribution in [0.2, 0.25) is 0 Å². The highest BCUT2D eigenvalue weighted by atomic mass is 16.5. The van der Waals surface area contributed by atoms with Gasteiger partial charge in [0.05, 0.1) is 12.9 Å². The van der Waals surface area contributed by atoms with Crippen LogP contribution in [0.25, 0.3) is 0 Å². The largest absolute Gasteiger partial charge is 0.502 e. The molecule has 50 valence electrons. The van der Waals surface area contributed by atoms with E-state index in [1.165, 1.54) is 6.26 Å². The van der Waals surface area contributed by atoms with Gasteiger partial charge >= 0.3 is 0 Å². The molecule has 8 heavy (non-hydrogen) atoms. The summed E-state index contributed by atoms with van der Waals surface area (Å²) in [5, 5.41) is 2.75. The molecule has 0 atom stereocenters. The molecule has 2 heteroatoms. The van der Waals surface area contributed by atoms with Gasteiger partial charge in [-0.1, -0.05) is 6.58 Å². The van der Waals surface area contributed by atoms with Crippen LogP contribution >= 0.6 is 0 Å². The van der Waals surface area contributed by atoms with E-state index in [4.69, 9.17) is 0 Å². The Bertz CT molecular complexity index is 37.5. The van der Waals surface area contributed by atoms with Crippen LogP contribution in [-0.2, 0) is 4.74 Å². The molecule has 0 aliphatic carbocycles. The van der Waals surface area contributed by atoms with Crippen molar-refractivity contribution in [2.24, 2.45) is 0 Å². The van der Waals surface area contributed by atoms with Crippen molar-refractivity contribution in [1.82, 2.24) is 5.32 Å². The fourth-order valence-electron chi connectivity index (χ4n) is 0.118. The van der Waals surface area contributed by atoms with Gasteiger partial charge in [-0.25, -0.2) is 0 Å². The first-order valence-electron chi connectivity index (χ1n) is 2.64. The van der Waals surface area contributed by atoms with Gasteiger partial charge in [-0.3, -0.25) is 0 Å². The van der Waals surface area contributed by atoms with Gasteiger partial charge in [0.15, 0.2) is 0 Å². The first-order chi connectivity index (χ1) is 3.83. The van der Waals surface area contributed by atoms with Crippen molar-refractivity contribution in [3.05, 3.63) is 12.8 Å². The van der Waals surface area contributed by atoms with Gasteiger partial charge in [0, 0.05) is 0 Å². The van der Waals surface area contributed by atoms with E-state index < -0.39 is 0 Å². The highest BCUT2D eigenvalue weighted by Gasteiger charge is 1.55. The smallest absolute Gasteiger partial charge is 0.0844 e. The van der Waals surface area contributed by atoms with Crippen molar-refractivity contribution in [3.8, 4) is 0 Å². The van der Waals surface area contributed by atoms with Gasteiger partial charge in [-0.05, 0) is 21.0 Å². The summed E-state index contributed by atoms with van der Waals surface area (Å²) in [5.41, 5.74) is 0. The second-order valence-corrected chi connectivity index (χ2v) is 1.12. The summed E-state index contributed by atoms with van der Waals surface area (Å²) in [6.07, 6.45) is 1.43. The van der Waals surface area contributed by atoms with Crippen molar-refractivity contribution >= 4 is 0 Å². The topological polar surface area (TPSA) is 21.3 Å². The zero-order valence-electron chi connectivity index (χ0n) is 5.90. The molecular weight excluding hydrogens is 102 g/mol. The van der Waals surface area contributed by atoms with E-state index in [1.807, 2.05) is 21.0 Å². The first-order valence-corrected chi connectivity index (χ1v) is 2.64. The molecule has 0 unspecified atom stereocenters. The molecule has 0 aliphatic heterocycles. The van der Waals surface area contributed by atoms with Crippen LogP contribution in [0.4, 0.5) is 0 Å². The van der Waals surface area contributed by atoms with Gasteiger partial charge < -0.3 is 10.1 Å². The number of hydrogen-bond donors (Lipinski definition) is 1. The predicted molar refractivity (Wildman–Crippen MR) is 36.8 cm³/mol. The summed E-state index contributed by atoms with van der Waals surface area (Å²) >= 11 is 0. The standard InChI is InChI=1S/C4H8O.C2H7N/c1-3-5-4-2;1-3-2/h3H,1,4H2,2H3;3H,1-2H3. The summed E-state index contributed by atoms with van der Waals surface area (Å²) in [6.45, 7) is 5.97. The predicted octanol–water partition coefficient (Wildman–Crippen LogP) is 1.00. The monoisotopic (exact) mass is 117 g/mol. The van der Waals surface area contributed by atoms with Crippen LogP contribution in [0.5, 0.6) is 0 Å². The number of ether oxygens (including phenoxy) is 1. The van der Waals surface area contributed by atoms with E-state index >= 15 is 0 Å². The van der Waals surface area contributed by atoms with Crippen LogP contribution in [-0.4, -0.2) is 20.7 Å². The minimum absolute atomic E-state index is 0.726. The second kappa shape index (κ2) is 16.1. The molecule has 1 N–H and O–H groups in total. The third-order valence-corrected chi connectivity index (χ3v) is 0.285. The normalized spacial score (nSPS) is 6.38. The molecular formula is C6H15NO. The van der Waals surface area contributed by atoms with Crippen molar-refractivity contribution in [1.29, 1.82) is 0 Å². The Labute approximate surface area is 51.5 Å². The van der Waals surface area contributed by atoms with Gasteiger partial charge in [0.2, 0.25) is 0 Å². The fourth-order valence-corrected chi connectivity index (χ4v) is 0.118. The van der Waals surface area contributed by atoms with Gasteiger partial charge in [0.1, 0.15) is 0 Å². The maximum absolute atomic E-state index is 4.60. The lowest BCUT2D eigenvalue weighted by molar-refractivity contribution is 0.270. The van der Waals surface area contributed by atoms with E-state index in [9.17, 15) is 0 Å². The van der Waals surface area contributed by atoms with E-state index in [-0.39, 0.29) is 0 Å². The molecule has 0 aliphatic rings. The van der Waals surface area contributed by atoms with Crippen molar-refractivity contribution < 1.29 is 4.74 Å². The van der Waals surface area contributed by atoms with Crippen LogP contribution in [0.3, 0.4) is 0 Å². The third kappa shape index (κ3) is 49.5. The lowest BCUT2D eigenvalue weighted by Gasteiger charge is -1.84. The molecule has 0 aromatic carbocycles. The van der Waals surface area contributed by atoms with Gasteiger partial charge in [0.25, 0.3) is 0 Å². The second-order valence-electron chi connectivity index (χ2n) is 1.12. The average molecular weight is 117 g/mol. The molecule has 0 amide bonds. The zero-order valence-corrected chi connectivity index (χ0v) is 5.90. The Hall–Kier alpha value is -0.500. The SMILES string of the molecule is C=COCC.CNC. The molecule has 0 rings (SSSR count). The first kappa shape index (κ1) is 10.5. The summed E-state index contributed by atoms with van der Waals surface area (Å²) in [5.74, 6) is 0. The number of nitrogens with one attached hydrogen (secondary N) is 1. The van der Waals surface area contributed by atoms with Crippen LogP contribution in [0, 0.1) is 0 Å². The Morgan fingerprint density at radius 2 is 2.00 bits per heavy atom. The molecule has 0 saturated heterocycles. The molecule has 0 aromatic rings. The van der Waals surface area contributed by atoms with E-state index in [0.717, 1.165) is 6.61 Å². The van der Waals surface area contributed by atoms with Crippen molar-refractivity contribution in [3.63, 3.8) is 0 Å². The number of rotatable bonds is 2. The molecule has 2 nitrogen and oxygen atoms in total. The Balaban J connectivity index is 0. The minimum atomic E-state index is 0.726. The minimum Gasteiger partial charge on any atom is -0.502 e. The number of hydrogen-bond acceptors (Lipinski definition) is 2. The Morgan fingerprint density at radius 1 is 1.62 bits per heavy atom. The van der Waals surface area contributed by atoms with Crippen LogP contribution < -0.4 is 5.32 Å². The van der Waals surface area contributed by atoms with E-state index in [2.05, 4.69) is 16.6 Å². The summed E-state index contributed by atoms with van der Waals surface area (Å²) < 4.78 is 4.60. The fraction of sp³-hybridized carbons (Fsp3) is 0.667. The van der Waals surface area contributed by atoms with Crippen LogP contribution in [0.1, 0.15) is 6.92 Å². The third-order valence-electron chi connectivity index (χ3n) is 0.285. The summed E-state index contributed by atoms with van der Waals surface area (Å²) in [6, 6.07) is 0. The Morgan fingerprint density at radius 3 is 2.00 bits per heavy atom.